The summed E-state index contributed by atoms with van der Waals surface area (Å²) in [6.07, 6.45) is 3.49. The quantitative estimate of drug-likeness (QED) is 0.634. The second-order valence-electron chi connectivity index (χ2n) is 5.85. The lowest BCUT2D eigenvalue weighted by Gasteiger charge is -2.15. The summed E-state index contributed by atoms with van der Waals surface area (Å²) in [6.45, 7) is 11.9. The number of benzene rings is 2. The Kier molecular flexibility index (Phi) is 5.75. The summed E-state index contributed by atoms with van der Waals surface area (Å²) in [5, 5.41) is 3.26. The molecule has 0 aliphatic carbocycles. The predicted octanol–water partition coefficient (Wildman–Crippen LogP) is 6.28. The molecule has 2 heteroatoms. The number of rotatable bonds is 7. The first-order valence-corrected chi connectivity index (χ1v) is 8.02. The van der Waals surface area contributed by atoms with Gasteiger partial charge in [-0.25, -0.2) is 4.39 Å². The van der Waals surface area contributed by atoms with Crippen LogP contribution in [-0.4, -0.2) is 0 Å². The molecule has 0 aliphatic heterocycles. The van der Waals surface area contributed by atoms with Crippen LogP contribution in [0.25, 0.3) is 11.3 Å². The third kappa shape index (κ3) is 4.32. The zero-order chi connectivity index (χ0) is 16.8. The van der Waals surface area contributed by atoms with Crippen molar-refractivity contribution in [2.45, 2.75) is 33.1 Å². The van der Waals surface area contributed by atoms with E-state index in [9.17, 15) is 4.39 Å². The summed E-state index contributed by atoms with van der Waals surface area (Å²) in [7, 11) is 0. The molecule has 0 atom stereocenters. The Morgan fingerprint density at radius 2 is 1.78 bits per heavy atom. The van der Waals surface area contributed by atoms with E-state index in [2.05, 4.69) is 37.5 Å². The lowest BCUT2D eigenvalue weighted by molar-refractivity contribution is 0.623. The molecule has 2 aromatic rings. The highest BCUT2D eigenvalue weighted by molar-refractivity contribution is 5.83. The summed E-state index contributed by atoms with van der Waals surface area (Å²) in [5.41, 5.74) is 4.90. The smallest absolute Gasteiger partial charge is 0.131 e. The van der Waals surface area contributed by atoms with Gasteiger partial charge in [-0.2, -0.15) is 0 Å². The van der Waals surface area contributed by atoms with E-state index in [1.165, 1.54) is 24.5 Å². The Hall–Kier alpha value is -2.35. The topological polar surface area (TPSA) is 12.0 Å². The molecular weight excluding hydrogens is 285 g/mol. The van der Waals surface area contributed by atoms with Gasteiger partial charge in [0.2, 0.25) is 0 Å². The molecule has 0 aliphatic rings. The van der Waals surface area contributed by atoms with Gasteiger partial charge in [-0.3, -0.25) is 0 Å². The van der Waals surface area contributed by atoms with Crippen molar-refractivity contribution in [3.63, 3.8) is 0 Å². The van der Waals surface area contributed by atoms with Gasteiger partial charge in [0.15, 0.2) is 0 Å². The molecule has 0 aromatic heterocycles. The van der Waals surface area contributed by atoms with E-state index in [1.807, 2.05) is 18.2 Å². The van der Waals surface area contributed by atoms with Gasteiger partial charge in [-0.05, 0) is 49.1 Å². The molecule has 0 radical (unpaired) electrons. The van der Waals surface area contributed by atoms with E-state index < -0.39 is 0 Å². The fraction of sp³-hybridized carbons (Fsp3) is 0.238. The maximum Gasteiger partial charge on any atom is 0.131 e. The Morgan fingerprint density at radius 3 is 2.39 bits per heavy atom. The number of hydrogen-bond donors (Lipinski definition) is 1. The van der Waals surface area contributed by atoms with Crippen molar-refractivity contribution in [1.82, 2.24) is 0 Å². The van der Waals surface area contributed by atoms with E-state index in [-0.39, 0.29) is 5.82 Å². The highest BCUT2D eigenvalue weighted by atomic mass is 19.1. The highest BCUT2D eigenvalue weighted by Gasteiger charge is 2.11. The Balaban J connectivity index is 2.16. The van der Waals surface area contributed by atoms with Crippen molar-refractivity contribution in [2.24, 2.45) is 0 Å². The fourth-order valence-corrected chi connectivity index (χ4v) is 2.59. The van der Waals surface area contributed by atoms with Crippen LogP contribution >= 0.6 is 0 Å². The van der Waals surface area contributed by atoms with Crippen LogP contribution in [0.4, 0.5) is 10.1 Å². The summed E-state index contributed by atoms with van der Waals surface area (Å²) in [5.74, 6) is -0.270. The molecule has 0 amide bonds. The molecule has 0 heterocycles. The average Bonchev–Trinajstić information content (AvgIpc) is 2.53. The van der Waals surface area contributed by atoms with Crippen molar-refractivity contribution < 1.29 is 4.39 Å². The van der Waals surface area contributed by atoms with E-state index in [0.29, 0.717) is 16.8 Å². The predicted molar refractivity (Wildman–Crippen MR) is 98.8 cm³/mol. The standard InChI is InChI=1S/C21H24FN/c1-5-6-8-17-11-13-18(14-12-17)23-16(4)19-9-7-10-20(22)21(19)15(2)3/h7,9-14,23H,2,4-6,8H2,1,3H3. The number of halogens is 1. The molecule has 2 rings (SSSR count). The number of unbranched alkanes of at least 4 members (excludes halogenated alkanes) is 1. The van der Waals surface area contributed by atoms with Gasteiger partial charge in [0.1, 0.15) is 5.82 Å². The minimum Gasteiger partial charge on any atom is -0.356 e. The number of hydrogen-bond acceptors (Lipinski definition) is 1. The lowest BCUT2D eigenvalue weighted by Crippen LogP contribution is -2.02. The first-order valence-electron chi connectivity index (χ1n) is 8.02. The van der Waals surface area contributed by atoms with Crippen LogP contribution in [0.15, 0.2) is 55.6 Å². The van der Waals surface area contributed by atoms with Gasteiger partial charge >= 0.3 is 0 Å². The number of nitrogens with one attached hydrogen (secondary N) is 1. The van der Waals surface area contributed by atoms with E-state index in [1.54, 1.807) is 13.0 Å². The molecule has 120 valence electrons. The molecule has 23 heavy (non-hydrogen) atoms. The van der Waals surface area contributed by atoms with Gasteiger partial charge in [0.05, 0.1) is 0 Å². The number of allylic oxidation sites excluding steroid dienone is 1. The largest absolute Gasteiger partial charge is 0.356 e. The van der Waals surface area contributed by atoms with Crippen molar-refractivity contribution in [3.8, 4) is 0 Å². The third-order valence-electron chi connectivity index (χ3n) is 3.83. The molecule has 0 spiro atoms. The van der Waals surface area contributed by atoms with Gasteiger partial charge in [0, 0.05) is 22.5 Å². The number of aryl methyl sites for hydroxylation is 1. The van der Waals surface area contributed by atoms with Gasteiger partial charge < -0.3 is 5.32 Å². The van der Waals surface area contributed by atoms with Crippen LogP contribution in [-0.2, 0) is 6.42 Å². The van der Waals surface area contributed by atoms with Gasteiger partial charge in [0.25, 0.3) is 0 Å². The molecule has 1 nitrogen and oxygen atoms in total. The average molecular weight is 309 g/mol. The number of anilines is 1. The molecule has 0 unspecified atom stereocenters. The van der Waals surface area contributed by atoms with Crippen molar-refractivity contribution in [1.29, 1.82) is 0 Å². The second kappa shape index (κ2) is 7.77. The van der Waals surface area contributed by atoms with Gasteiger partial charge in [-0.1, -0.05) is 50.8 Å². The van der Waals surface area contributed by atoms with E-state index in [4.69, 9.17) is 0 Å². The third-order valence-corrected chi connectivity index (χ3v) is 3.83. The Labute approximate surface area is 138 Å². The fourth-order valence-electron chi connectivity index (χ4n) is 2.59. The molecule has 0 fully saturated rings. The van der Waals surface area contributed by atoms with Crippen LogP contribution in [0.5, 0.6) is 0 Å². The second-order valence-corrected chi connectivity index (χ2v) is 5.85. The summed E-state index contributed by atoms with van der Waals surface area (Å²) in [6, 6.07) is 13.3. The van der Waals surface area contributed by atoms with Crippen molar-refractivity contribution >= 4 is 17.0 Å². The molecule has 0 saturated heterocycles. The molecule has 0 saturated carbocycles. The van der Waals surface area contributed by atoms with Crippen LogP contribution in [0.1, 0.15) is 43.4 Å². The first-order chi connectivity index (χ1) is 11.0. The van der Waals surface area contributed by atoms with Gasteiger partial charge in [-0.15, -0.1) is 0 Å². The minimum absolute atomic E-state index is 0.270. The molecule has 1 N–H and O–H groups in total. The van der Waals surface area contributed by atoms with Crippen molar-refractivity contribution in [2.75, 3.05) is 5.32 Å². The normalized spacial score (nSPS) is 10.4. The maximum absolute atomic E-state index is 14.0. The zero-order valence-corrected chi connectivity index (χ0v) is 14.0. The van der Waals surface area contributed by atoms with Crippen LogP contribution in [0.2, 0.25) is 0 Å². The van der Waals surface area contributed by atoms with Crippen LogP contribution in [0, 0.1) is 5.82 Å². The lowest BCUT2D eigenvalue weighted by atomic mass is 9.99. The van der Waals surface area contributed by atoms with Crippen molar-refractivity contribution in [3.05, 3.63) is 78.1 Å². The van der Waals surface area contributed by atoms with E-state index >= 15 is 0 Å². The highest BCUT2D eigenvalue weighted by Crippen LogP contribution is 2.27. The first kappa shape index (κ1) is 17.0. The maximum atomic E-state index is 14.0. The molecule has 0 bridgehead atoms. The Bertz CT molecular complexity index is 698. The Morgan fingerprint density at radius 1 is 1.09 bits per heavy atom. The molecule has 2 aromatic carbocycles. The molecular formula is C21H24FN. The zero-order valence-electron chi connectivity index (χ0n) is 14.0. The SMILES string of the molecule is C=C(Nc1ccc(CCCC)cc1)c1cccc(F)c1C(=C)C. The van der Waals surface area contributed by atoms with Crippen LogP contribution < -0.4 is 5.32 Å². The summed E-state index contributed by atoms with van der Waals surface area (Å²) >= 11 is 0. The van der Waals surface area contributed by atoms with E-state index in [0.717, 1.165) is 17.7 Å². The monoisotopic (exact) mass is 309 g/mol. The minimum atomic E-state index is -0.270. The van der Waals surface area contributed by atoms with Crippen LogP contribution in [0.3, 0.4) is 0 Å². The summed E-state index contributed by atoms with van der Waals surface area (Å²) < 4.78 is 14.0. The summed E-state index contributed by atoms with van der Waals surface area (Å²) in [4.78, 5) is 0.